The van der Waals surface area contributed by atoms with Gasteiger partial charge in [-0.3, -0.25) is 0 Å². The fraction of sp³-hybridized carbons (Fsp3) is 1.00. The first-order valence-corrected chi connectivity index (χ1v) is 3.98. The van der Waals surface area contributed by atoms with Crippen LogP contribution in [0.3, 0.4) is 0 Å². The van der Waals surface area contributed by atoms with Crippen molar-refractivity contribution in [2.24, 2.45) is 5.92 Å². The third-order valence-corrected chi connectivity index (χ3v) is 2.86. The van der Waals surface area contributed by atoms with Gasteiger partial charge in [0.2, 0.25) is 0 Å². The van der Waals surface area contributed by atoms with E-state index in [1.54, 1.807) is 6.92 Å². The summed E-state index contributed by atoms with van der Waals surface area (Å²) < 4.78 is 5.34. The average molecular weight is 158 g/mol. The Morgan fingerprint density at radius 1 is 1.64 bits per heavy atom. The van der Waals surface area contributed by atoms with Crippen LogP contribution in [-0.2, 0) is 4.74 Å². The molecule has 0 spiro atoms. The SMILES string of the molecule is B[C@@H]1O[C@H](CO)[C@@H](C)[C@@]1(C)O. The van der Waals surface area contributed by atoms with Crippen molar-refractivity contribution < 1.29 is 14.9 Å². The van der Waals surface area contributed by atoms with Crippen LogP contribution in [0.4, 0.5) is 0 Å². The molecular formula is C7H15BO3. The lowest BCUT2D eigenvalue weighted by Crippen LogP contribution is -2.40. The van der Waals surface area contributed by atoms with Gasteiger partial charge in [-0.15, -0.1) is 0 Å². The standard InChI is InChI=1S/C7H15BO3/c1-4-5(3-9)11-6(8)7(4,2)10/h4-6,9-10H,3,8H2,1-2H3/t4-,5-,6-,7-/m1/s1. The van der Waals surface area contributed by atoms with Crippen molar-refractivity contribution in [2.45, 2.75) is 31.6 Å². The molecular weight excluding hydrogens is 143 g/mol. The van der Waals surface area contributed by atoms with Crippen molar-refractivity contribution in [2.75, 3.05) is 6.61 Å². The molecule has 0 aromatic rings. The minimum Gasteiger partial charge on any atom is -0.394 e. The topological polar surface area (TPSA) is 49.7 Å². The van der Waals surface area contributed by atoms with Crippen LogP contribution >= 0.6 is 0 Å². The van der Waals surface area contributed by atoms with Crippen molar-refractivity contribution in [1.29, 1.82) is 0 Å². The van der Waals surface area contributed by atoms with Gasteiger partial charge >= 0.3 is 0 Å². The molecule has 3 nitrogen and oxygen atoms in total. The second-order valence-corrected chi connectivity index (χ2v) is 3.51. The monoisotopic (exact) mass is 158 g/mol. The first kappa shape index (κ1) is 9.04. The van der Waals surface area contributed by atoms with Crippen LogP contribution in [0.1, 0.15) is 13.8 Å². The summed E-state index contributed by atoms with van der Waals surface area (Å²) in [7, 11) is 1.83. The van der Waals surface area contributed by atoms with E-state index in [9.17, 15) is 5.11 Å². The Bertz CT molecular complexity index is 149. The summed E-state index contributed by atoms with van der Waals surface area (Å²) in [4.78, 5) is 0. The molecule has 0 saturated carbocycles. The van der Waals surface area contributed by atoms with Crippen LogP contribution in [0, 0.1) is 5.92 Å². The molecule has 0 aromatic carbocycles. The van der Waals surface area contributed by atoms with E-state index in [1.807, 2.05) is 14.8 Å². The van der Waals surface area contributed by atoms with Crippen LogP contribution in [0.5, 0.6) is 0 Å². The molecule has 1 rings (SSSR count). The second-order valence-electron chi connectivity index (χ2n) is 3.51. The third kappa shape index (κ3) is 1.30. The van der Waals surface area contributed by atoms with Gasteiger partial charge in [0.25, 0.3) is 0 Å². The summed E-state index contributed by atoms with van der Waals surface area (Å²) in [6, 6.07) is -0.186. The fourth-order valence-electron chi connectivity index (χ4n) is 1.47. The maximum Gasteiger partial charge on any atom is 0.143 e. The van der Waals surface area contributed by atoms with Crippen molar-refractivity contribution in [3.05, 3.63) is 0 Å². The molecule has 11 heavy (non-hydrogen) atoms. The van der Waals surface area contributed by atoms with Crippen molar-refractivity contribution in [1.82, 2.24) is 0 Å². The Kier molecular flexibility index (Phi) is 2.28. The minimum absolute atomic E-state index is 0.00231. The molecule has 1 saturated heterocycles. The predicted octanol–water partition coefficient (Wildman–Crippen LogP) is -1.28. The third-order valence-electron chi connectivity index (χ3n) is 2.86. The molecule has 2 N–H and O–H groups in total. The molecule has 1 heterocycles. The summed E-state index contributed by atoms with van der Waals surface area (Å²) in [6.45, 7) is 3.63. The van der Waals surface area contributed by atoms with E-state index >= 15 is 0 Å². The number of aliphatic hydroxyl groups is 2. The number of aliphatic hydroxyl groups excluding tert-OH is 1. The van der Waals surface area contributed by atoms with E-state index in [0.717, 1.165) is 0 Å². The van der Waals surface area contributed by atoms with Gasteiger partial charge in [0.1, 0.15) is 7.85 Å². The highest BCUT2D eigenvalue weighted by molar-refractivity contribution is 6.12. The first-order chi connectivity index (χ1) is 5.00. The molecule has 4 atom stereocenters. The zero-order valence-electron chi connectivity index (χ0n) is 7.24. The van der Waals surface area contributed by atoms with Crippen LogP contribution in [0.2, 0.25) is 0 Å². The molecule has 1 aliphatic rings. The molecule has 64 valence electrons. The largest absolute Gasteiger partial charge is 0.394 e. The maximum absolute atomic E-state index is 9.80. The number of hydrogen-bond donors (Lipinski definition) is 2. The smallest absolute Gasteiger partial charge is 0.143 e. The van der Waals surface area contributed by atoms with Crippen molar-refractivity contribution in [3.8, 4) is 0 Å². The number of rotatable bonds is 1. The Labute approximate surface area is 67.8 Å². The van der Waals surface area contributed by atoms with Gasteiger partial charge < -0.3 is 14.9 Å². The summed E-state index contributed by atoms with van der Waals surface area (Å²) in [5.41, 5.74) is -0.798. The van der Waals surface area contributed by atoms with Gasteiger partial charge in [-0.05, 0) is 6.92 Å². The van der Waals surface area contributed by atoms with E-state index in [4.69, 9.17) is 9.84 Å². The maximum atomic E-state index is 9.80. The van der Waals surface area contributed by atoms with Gasteiger partial charge in [-0.1, -0.05) is 6.92 Å². The Hall–Kier alpha value is -0.0551. The van der Waals surface area contributed by atoms with Gasteiger partial charge in [-0.2, -0.15) is 0 Å². The second kappa shape index (κ2) is 2.77. The first-order valence-electron chi connectivity index (χ1n) is 3.98. The highest BCUT2D eigenvalue weighted by Gasteiger charge is 2.46. The lowest BCUT2D eigenvalue weighted by molar-refractivity contribution is -0.00296. The molecule has 0 bridgehead atoms. The molecule has 0 amide bonds. The molecule has 0 unspecified atom stereocenters. The summed E-state index contributed by atoms with van der Waals surface area (Å²) >= 11 is 0. The highest BCUT2D eigenvalue weighted by atomic mass is 16.5. The lowest BCUT2D eigenvalue weighted by atomic mass is 9.78. The Morgan fingerprint density at radius 3 is 2.36 bits per heavy atom. The van der Waals surface area contributed by atoms with Crippen LogP contribution in [0.25, 0.3) is 0 Å². The average Bonchev–Trinajstić information content (AvgIpc) is 2.14. The van der Waals surface area contributed by atoms with Gasteiger partial charge in [-0.25, -0.2) is 0 Å². The highest BCUT2D eigenvalue weighted by Crippen LogP contribution is 2.33. The number of ether oxygens (including phenoxy) is 1. The van der Waals surface area contributed by atoms with Gasteiger partial charge in [0, 0.05) is 5.92 Å². The van der Waals surface area contributed by atoms with Gasteiger partial charge in [0.05, 0.1) is 24.3 Å². The normalized spacial score (nSPS) is 51.5. The fourth-order valence-corrected chi connectivity index (χ4v) is 1.47. The van der Waals surface area contributed by atoms with Gasteiger partial charge in [0.15, 0.2) is 0 Å². The summed E-state index contributed by atoms with van der Waals surface area (Å²) in [5, 5.41) is 18.6. The summed E-state index contributed by atoms with van der Waals surface area (Å²) in [6.07, 6.45) is -0.208. The predicted molar refractivity (Wildman–Crippen MR) is 44.1 cm³/mol. The molecule has 0 radical (unpaired) electrons. The lowest BCUT2D eigenvalue weighted by Gasteiger charge is -2.25. The van der Waals surface area contributed by atoms with E-state index < -0.39 is 5.60 Å². The summed E-state index contributed by atoms with van der Waals surface area (Å²) in [5.74, 6) is 0.00231. The zero-order valence-corrected chi connectivity index (χ0v) is 7.24. The van der Waals surface area contributed by atoms with E-state index in [2.05, 4.69) is 0 Å². The molecule has 0 aromatic heterocycles. The van der Waals surface area contributed by atoms with Crippen LogP contribution < -0.4 is 0 Å². The molecule has 0 aliphatic carbocycles. The van der Waals surface area contributed by atoms with Crippen LogP contribution in [-0.4, -0.2) is 42.4 Å². The van der Waals surface area contributed by atoms with Crippen molar-refractivity contribution in [3.63, 3.8) is 0 Å². The van der Waals surface area contributed by atoms with Crippen molar-refractivity contribution >= 4 is 7.85 Å². The zero-order chi connectivity index (χ0) is 8.65. The Balaban J connectivity index is 2.71. The van der Waals surface area contributed by atoms with E-state index in [-0.39, 0.29) is 24.6 Å². The minimum atomic E-state index is -0.798. The quantitative estimate of drug-likeness (QED) is 0.467. The molecule has 4 heteroatoms. The van der Waals surface area contributed by atoms with E-state index in [1.165, 1.54) is 0 Å². The number of hydrogen-bond acceptors (Lipinski definition) is 3. The molecule has 1 aliphatic heterocycles. The molecule has 1 fully saturated rings. The Morgan fingerprint density at radius 2 is 2.18 bits per heavy atom. The van der Waals surface area contributed by atoms with E-state index in [0.29, 0.717) is 0 Å². The van der Waals surface area contributed by atoms with Crippen LogP contribution in [0.15, 0.2) is 0 Å².